The second kappa shape index (κ2) is 7.94. The lowest BCUT2D eigenvalue weighted by Gasteiger charge is -2.11. The Morgan fingerprint density at radius 1 is 1.50 bits per heavy atom. The van der Waals surface area contributed by atoms with Crippen molar-refractivity contribution in [3.8, 4) is 0 Å². The summed E-state index contributed by atoms with van der Waals surface area (Å²) in [5, 5.41) is 11.0. The summed E-state index contributed by atoms with van der Waals surface area (Å²) in [6.07, 6.45) is 0.0743. The van der Waals surface area contributed by atoms with Crippen LogP contribution in [-0.2, 0) is 18.6 Å². The van der Waals surface area contributed by atoms with Crippen molar-refractivity contribution in [2.24, 2.45) is 5.73 Å². The van der Waals surface area contributed by atoms with E-state index in [1.54, 1.807) is 0 Å². The SMILES string of the molecule is CC(=O)NC(CSOCCC(N)=O)C(=O)O. The average molecular weight is 250 g/mol. The maximum Gasteiger partial charge on any atom is 0.327 e. The fraction of sp³-hybridized carbons (Fsp3) is 0.625. The van der Waals surface area contributed by atoms with Crippen LogP contribution in [-0.4, -0.2) is 41.3 Å². The van der Waals surface area contributed by atoms with Crippen LogP contribution in [0.3, 0.4) is 0 Å². The molecule has 0 fully saturated rings. The molecule has 0 aliphatic carbocycles. The van der Waals surface area contributed by atoms with Crippen molar-refractivity contribution < 1.29 is 23.7 Å². The molecule has 0 saturated carbocycles. The molecule has 0 aliphatic heterocycles. The summed E-state index contributed by atoms with van der Waals surface area (Å²) in [6.45, 7) is 1.35. The minimum atomic E-state index is -1.14. The molecular formula is C8H14N2O5S. The lowest BCUT2D eigenvalue weighted by molar-refractivity contribution is -0.140. The number of aliphatic carboxylic acids is 1. The summed E-state index contributed by atoms with van der Waals surface area (Å²) < 4.78 is 4.91. The fourth-order valence-electron chi connectivity index (χ4n) is 0.737. The van der Waals surface area contributed by atoms with Gasteiger partial charge < -0.3 is 20.3 Å². The van der Waals surface area contributed by atoms with Gasteiger partial charge in [-0.1, -0.05) is 0 Å². The Morgan fingerprint density at radius 3 is 2.56 bits per heavy atom. The Labute approximate surface area is 96.9 Å². The number of carboxylic acid groups (broad SMARTS) is 1. The van der Waals surface area contributed by atoms with Crippen molar-refractivity contribution in [2.45, 2.75) is 19.4 Å². The summed E-state index contributed by atoms with van der Waals surface area (Å²) >= 11 is 0.870. The van der Waals surface area contributed by atoms with Gasteiger partial charge in [0.1, 0.15) is 6.04 Å². The third kappa shape index (κ3) is 8.06. The summed E-state index contributed by atoms with van der Waals surface area (Å²) in [5.74, 6) is -1.99. The maximum atomic E-state index is 10.7. The molecule has 0 spiro atoms. The van der Waals surface area contributed by atoms with E-state index < -0.39 is 23.8 Å². The topological polar surface area (TPSA) is 119 Å². The first kappa shape index (κ1) is 14.7. The highest BCUT2D eigenvalue weighted by atomic mass is 32.2. The Hall–Kier alpha value is -1.28. The van der Waals surface area contributed by atoms with E-state index >= 15 is 0 Å². The molecule has 0 aliphatic rings. The number of hydrogen-bond donors (Lipinski definition) is 3. The van der Waals surface area contributed by atoms with Crippen molar-refractivity contribution in [3.63, 3.8) is 0 Å². The number of rotatable bonds is 8. The van der Waals surface area contributed by atoms with Crippen LogP contribution < -0.4 is 11.1 Å². The highest BCUT2D eigenvalue weighted by Crippen LogP contribution is 2.05. The van der Waals surface area contributed by atoms with Crippen molar-refractivity contribution >= 4 is 29.8 Å². The van der Waals surface area contributed by atoms with Gasteiger partial charge in [-0.15, -0.1) is 0 Å². The van der Waals surface area contributed by atoms with Gasteiger partial charge in [0.05, 0.1) is 18.8 Å². The van der Waals surface area contributed by atoms with E-state index in [-0.39, 0.29) is 18.8 Å². The van der Waals surface area contributed by atoms with Crippen molar-refractivity contribution in [1.29, 1.82) is 0 Å². The van der Waals surface area contributed by atoms with Crippen LogP contribution in [0.1, 0.15) is 13.3 Å². The highest BCUT2D eigenvalue weighted by Gasteiger charge is 2.18. The van der Waals surface area contributed by atoms with Gasteiger partial charge in [0.2, 0.25) is 11.8 Å². The van der Waals surface area contributed by atoms with E-state index in [9.17, 15) is 14.4 Å². The highest BCUT2D eigenvalue weighted by molar-refractivity contribution is 7.94. The zero-order valence-corrected chi connectivity index (χ0v) is 9.58. The summed E-state index contributed by atoms with van der Waals surface area (Å²) in [6, 6.07) is -1.00. The summed E-state index contributed by atoms with van der Waals surface area (Å²) in [7, 11) is 0. The van der Waals surface area contributed by atoms with Crippen LogP contribution in [0.15, 0.2) is 0 Å². The zero-order chi connectivity index (χ0) is 12.6. The van der Waals surface area contributed by atoms with Crippen molar-refractivity contribution in [1.82, 2.24) is 5.32 Å². The van der Waals surface area contributed by atoms with Gasteiger partial charge in [0.15, 0.2) is 0 Å². The summed E-state index contributed by atoms with van der Waals surface area (Å²) in [4.78, 5) is 31.6. The first-order valence-corrected chi connectivity index (χ1v) is 5.37. The normalized spacial score (nSPS) is 11.8. The van der Waals surface area contributed by atoms with E-state index in [0.29, 0.717) is 0 Å². The largest absolute Gasteiger partial charge is 0.480 e. The van der Waals surface area contributed by atoms with Gasteiger partial charge in [0.25, 0.3) is 0 Å². The van der Waals surface area contributed by atoms with Crippen LogP contribution in [0.2, 0.25) is 0 Å². The molecule has 0 aromatic rings. The molecule has 0 aromatic heterocycles. The number of amides is 2. The second-order valence-electron chi connectivity index (χ2n) is 2.91. The Balaban J connectivity index is 3.72. The van der Waals surface area contributed by atoms with E-state index in [0.717, 1.165) is 12.0 Å². The molecule has 0 rings (SSSR count). The molecule has 92 valence electrons. The van der Waals surface area contributed by atoms with E-state index in [4.69, 9.17) is 15.0 Å². The standard InChI is InChI=1S/C8H14N2O5S/c1-5(11)10-6(8(13)14)4-16-15-3-2-7(9)12/h6H,2-4H2,1H3,(H2,9,12)(H,10,11)(H,13,14). The van der Waals surface area contributed by atoms with E-state index in [1.165, 1.54) is 6.92 Å². The van der Waals surface area contributed by atoms with E-state index in [2.05, 4.69) is 5.32 Å². The van der Waals surface area contributed by atoms with Crippen LogP contribution in [0.4, 0.5) is 0 Å². The molecule has 2 amide bonds. The Bertz CT molecular complexity index is 271. The van der Waals surface area contributed by atoms with E-state index in [1.807, 2.05) is 0 Å². The predicted molar refractivity (Wildman–Crippen MR) is 57.5 cm³/mol. The number of carbonyl (C=O) groups excluding carboxylic acids is 2. The van der Waals surface area contributed by atoms with Crippen LogP contribution >= 0.6 is 12.0 Å². The van der Waals surface area contributed by atoms with Crippen molar-refractivity contribution in [3.05, 3.63) is 0 Å². The van der Waals surface area contributed by atoms with Crippen LogP contribution in [0.25, 0.3) is 0 Å². The Morgan fingerprint density at radius 2 is 2.12 bits per heavy atom. The van der Waals surface area contributed by atoms with Gasteiger partial charge in [0, 0.05) is 6.92 Å². The number of carboxylic acids is 1. The third-order valence-electron chi connectivity index (χ3n) is 1.43. The molecule has 0 heterocycles. The molecule has 8 heteroatoms. The van der Waals surface area contributed by atoms with Gasteiger partial charge in [-0.2, -0.15) is 0 Å². The molecule has 1 unspecified atom stereocenters. The fourth-order valence-corrected chi connectivity index (χ4v) is 1.40. The number of nitrogens with two attached hydrogens (primary N) is 1. The molecule has 4 N–H and O–H groups in total. The second-order valence-corrected chi connectivity index (χ2v) is 3.72. The minimum Gasteiger partial charge on any atom is -0.480 e. The molecule has 1 atom stereocenters. The number of primary amides is 1. The minimum absolute atomic E-state index is 0.0632. The molecular weight excluding hydrogens is 236 g/mol. The van der Waals surface area contributed by atoms with Gasteiger partial charge in [-0.25, -0.2) is 4.79 Å². The molecule has 16 heavy (non-hydrogen) atoms. The maximum absolute atomic E-state index is 10.7. The molecule has 0 bridgehead atoms. The van der Waals surface area contributed by atoms with Gasteiger partial charge >= 0.3 is 5.97 Å². The third-order valence-corrected chi connectivity index (χ3v) is 2.23. The number of nitrogens with one attached hydrogen (secondary N) is 1. The zero-order valence-electron chi connectivity index (χ0n) is 8.76. The number of carbonyl (C=O) groups is 3. The number of hydrogen-bond acceptors (Lipinski definition) is 5. The molecule has 0 radical (unpaired) electrons. The van der Waals surface area contributed by atoms with Gasteiger partial charge in [-0.3, -0.25) is 9.59 Å². The monoisotopic (exact) mass is 250 g/mol. The van der Waals surface area contributed by atoms with Gasteiger partial charge in [-0.05, 0) is 12.0 Å². The molecule has 7 nitrogen and oxygen atoms in total. The Kier molecular flexibility index (Phi) is 7.31. The smallest absolute Gasteiger partial charge is 0.327 e. The lowest BCUT2D eigenvalue weighted by atomic mass is 10.3. The van der Waals surface area contributed by atoms with Crippen LogP contribution in [0.5, 0.6) is 0 Å². The van der Waals surface area contributed by atoms with Crippen LogP contribution in [0, 0.1) is 0 Å². The lowest BCUT2D eigenvalue weighted by Crippen LogP contribution is -2.41. The first-order chi connectivity index (χ1) is 7.43. The first-order valence-electron chi connectivity index (χ1n) is 4.46. The predicted octanol–water partition coefficient (Wildman–Crippen LogP) is -0.884. The molecule has 0 aromatic carbocycles. The molecule has 0 saturated heterocycles. The summed E-state index contributed by atoms with van der Waals surface area (Å²) in [5.41, 5.74) is 4.87. The van der Waals surface area contributed by atoms with Crippen molar-refractivity contribution in [2.75, 3.05) is 12.4 Å². The quantitative estimate of drug-likeness (QED) is 0.380. The average Bonchev–Trinajstić information content (AvgIpc) is 2.14.